The van der Waals surface area contributed by atoms with E-state index in [9.17, 15) is 0 Å². The number of hydrogen-bond acceptors (Lipinski definition) is 3. The van der Waals surface area contributed by atoms with E-state index in [4.69, 9.17) is 0 Å². The molecule has 3 heteroatoms. The molecule has 1 rings (SSSR count). The molecule has 0 aliphatic heterocycles. The van der Waals surface area contributed by atoms with Crippen molar-refractivity contribution in [2.75, 3.05) is 17.7 Å². The molecule has 0 amide bonds. The lowest BCUT2D eigenvalue weighted by atomic mass is 10.3. The van der Waals surface area contributed by atoms with Gasteiger partial charge in [0.05, 0.1) is 0 Å². The van der Waals surface area contributed by atoms with E-state index < -0.39 is 0 Å². The minimum Gasteiger partial charge on any atom is -0.383 e. The van der Waals surface area contributed by atoms with E-state index >= 15 is 0 Å². The van der Waals surface area contributed by atoms with E-state index in [1.165, 1.54) is 0 Å². The first kappa shape index (κ1) is 8.84. The van der Waals surface area contributed by atoms with Gasteiger partial charge in [0.15, 0.2) is 0 Å². The summed E-state index contributed by atoms with van der Waals surface area (Å²) in [4.78, 5) is 4.11. The van der Waals surface area contributed by atoms with Crippen molar-refractivity contribution < 1.29 is 0 Å². The standard InChI is InChI=1S/C9H15N3/c1-7(2)12-8-4-5-11-9(6-8)10-3/h4-7H,1-3H3,(H2,10,11,12). The number of nitrogens with zero attached hydrogens (tertiary/aromatic N) is 1. The predicted molar refractivity (Wildman–Crippen MR) is 52.5 cm³/mol. The number of pyridine rings is 1. The summed E-state index contributed by atoms with van der Waals surface area (Å²) in [5.41, 5.74) is 1.10. The highest BCUT2D eigenvalue weighted by atomic mass is 15.0. The fraction of sp³-hybridized carbons (Fsp3) is 0.444. The third-order valence-corrected chi connectivity index (χ3v) is 1.47. The second-order valence-electron chi connectivity index (χ2n) is 2.98. The SMILES string of the molecule is CNc1cc(NC(C)C)ccn1. The van der Waals surface area contributed by atoms with Gasteiger partial charge in [0.1, 0.15) is 5.82 Å². The fourth-order valence-electron chi connectivity index (χ4n) is 0.990. The molecule has 0 saturated carbocycles. The Bertz CT molecular complexity index is 245. The minimum atomic E-state index is 0.456. The summed E-state index contributed by atoms with van der Waals surface area (Å²) in [5, 5.41) is 6.29. The lowest BCUT2D eigenvalue weighted by Gasteiger charge is -2.10. The maximum atomic E-state index is 4.11. The van der Waals surface area contributed by atoms with E-state index in [1.54, 1.807) is 6.20 Å². The zero-order chi connectivity index (χ0) is 8.97. The van der Waals surface area contributed by atoms with Gasteiger partial charge in [-0.3, -0.25) is 0 Å². The minimum absolute atomic E-state index is 0.456. The van der Waals surface area contributed by atoms with Gasteiger partial charge in [0.2, 0.25) is 0 Å². The van der Waals surface area contributed by atoms with Gasteiger partial charge in [-0.2, -0.15) is 0 Å². The quantitative estimate of drug-likeness (QED) is 0.718. The van der Waals surface area contributed by atoms with Crippen molar-refractivity contribution >= 4 is 11.5 Å². The lowest BCUT2D eigenvalue weighted by molar-refractivity contribution is 0.899. The van der Waals surface area contributed by atoms with Crippen molar-refractivity contribution in [2.24, 2.45) is 0 Å². The molecule has 0 bridgehead atoms. The summed E-state index contributed by atoms with van der Waals surface area (Å²) < 4.78 is 0. The van der Waals surface area contributed by atoms with Crippen molar-refractivity contribution in [3.8, 4) is 0 Å². The van der Waals surface area contributed by atoms with E-state index in [0.717, 1.165) is 11.5 Å². The molecule has 1 aromatic rings. The van der Waals surface area contributed by atoms with Crippen LogP contribution in [0.2, 0.25) is 0 Å². The second kappa shape index (κ2) is 3.95. The van der Waals surface area contributed by atoms with Gasteiger partial charge < -0.3 is 10.6 Å². The molecule has 1 aromatic heterocycles. The Balaban J connectivity index is 2.72. The summed E-state index contributed by atoms with van der Waals surface area (Å²) in [5.74, 6) is 0.889. The largest absolute Gasteiger partial charge is 0.383 e. The molecule has 0 aromatic carbocycles. The molecule has 0 radical (unpaired) electrons. The van der Waals surface area contributed by atoms with Crippen LogP contribution < -0.4 is 10.6 Å². The molecule has 0 fully saturated rings. The van der Waals surface area contributed by atoms with Crippen LogP contribution in [0.25, 0.3) is 0 Å². The number of anilines is 2. The van der Waals surface area contributed by atoms with Crippen LogP contribution in [0.4, 0.5) is 11.5 Å². The third kappa shape index (κ3) is 2.42. The van der Waals surface area contributed by atoms with Crippen LogP contribution in [0.15, 0.2) is 18.3 Å². The maximum Gasteiger partial charge on any atom is 0.127 e. The van der Waals surface area contributed by atoms with Crippen molar-refractivity contribution in [3.63, 3.8) is 0 Å². The summed E-state index contributed by atoms with van der Waals surface area (Å²) in [6.45, 7) is 4.22. The average molecular weight is 165 g/mol. The molecule has 0 aliphatic carbocycles. The zero-order valence-corrected chi connectivity index (χ0v) is 7.76. The molecule has 12 heavy (non-hydrogen) atoms. The van der Waals surface area contributed by atoms with E-state index in [2.05, 4.69) is 29.5 Å². The van der Waals surface area contributed by atoms with Gasteiger partial charge in [0, 0.05) is 31.0 Å². The number of rotatable bonds is 3. The van der Waals surface area contributed by atoms with Gasteiger partial charge in [0.25, 0.3) is 0 Å². The Morgan fingerprint density at radius 3 is 2.75 bits per heavy atom. The molecule has 2 N–H and O–H groups in total. The predicted octanol–water partition coefficient (Wildman–Crippen LogP) is 1.94. The Morgan fingerprint density at radius 1 is 1.42 bits per heavy atom. The Kier molecular flexibility index (Phi) is 2.91. The van der Waals surface area contributed by atoms with E-state index in [-0.39, 0.29) is 0 Å². The normalized spacial score (nSPS) is 10.0. The Labute approximate surface area is 73.2 Å². The molecule has 0 unspecified atom stereocenters. The molecular formula is C9H15N3. The smallest absolute Gasteiger partial charge is 0.127 e. The first-order valence-corrected chi connectivity index (χ1v) is 4.12. The zero-order valence-electron chi connectivity index (χ0n) is 7.76. The third-order valence-electron chi connectivity index (χ3n) is 1.47. The van der Waals surface area contributed by atoms with Crippen LogP contribution in [0, 0.1) is 0 Å². The van der Waals surface area contributed by atoms with Crippen LogP contribution in [-0.2, 0) is 0 Å². The van der Waals surface area contributed by atoms with Crippen LogP contribution in [0.5, 0.6) is 0 Å². The summed E-state index contributed by atoms with van der Waals surface area (Å²) in [6.07, 6.45) is 1.79. The highest BCUT2D eigenvalue weighted by Gasteiger charge is 1.95. The fourth-order valence-corrected chi connectivity index (χ4v) is 0.990. The monoisotopic (exact) mass is 165 g/mol. The highest BCUT2D eigenvalue weighted by molar-refractivity contribution is 5.51. The first-order chi connectivity index (χ1) is 5.72. The molecule has 0 atom stereocenters. The van der Waals surface area contributed by atoms with Crippen LogP contribution in [0.1, 0.15) is 13.8 Å². The highest BCUT2D eigenvalue weighted by Crippen LogP contribution is 2.11. The first-order valence-electron chi connectivity index (χ1n) is 4.12. The van der Waals surface area contributed by atoms with Crippen molar-refractivity contribution in [1.82, 2.24) is 4.98 Å². The number of hydrogen-bond donors (Lipinski definition) is 2. The van der Waals surface area contributed by atoms with Crippen LogP contribution in [-0.4, -0.2) is 18.1 Å². The van der Waals surface area contributed by atoms with Crippen molar-refractivity contribution in [1.29, 1.82) is 0 Å². The topological polar surface area (TPSA) is 37.0 Å². The molecule has 0 spiro atoms. The molecule has 0 saturated heterocycles. The molecule has 1 heterocycles. The van der Waals surface area contributed by atoms with Gasteiger partial charge in [-0.15, -0.1) is 0 Å². The van der Waals surface area contributed by atoms with Gasteiger partial charge >= 0.3 is 0 Å². The van der Waals surface area contributed by atoms with Crippen LogP contribution in [0.3, 0.4) is 0 Å². The van der Waals surface area contributed by atoms with Crippen molar-refractivity contribution in [3.05, 3.63) is 18.3 Å². The van der Waals surface area contributed by atoms with E-state index in [0.29, 0.717) is 6.04 Å². The van der Waals surface area contributed by atoms with Crippen LogP contribution >= 0.6 is 0 Å². The van der Waals surface area contributed by atoms with Gasteiger partial charge in [-0.05, 0) is 19.9 Å². The second-order valence-corrected chi connectivity index (χ2v) is 2.98. The Hall–Kier alpha value is -1.25. The average Bonchev–Trinajstić information content (AvgIpc) is 2.03. The number of aromatic nitrogens is 1. The molecule has 3 nitrogen and oxygen atoms in total. The van der Waals surface area contributed by atoms with Gasteiger partial charge in [-0.1, -0.05) is 0 Å². The van der Waals surface area contributed by atoms with Gasteiger partial charge in [-0.25, -0.2) is 4.98 Å². The summed E-state index contributed by atoms with van der Waals surface area (Å²) in [6, 6.07) is 4.40. The summed E-state index contributed by atoms with van der Waals surface area (Å²) in [7, 11) is 1.86. The number of nitrogens with one attached hydrogen (secondary N) is 2. The molecule has 0 aliphatic rings. The van der Waals surface area contributed by atoms with Crippen molar-refractivity contribution in [2.45, 2.75) is 19.9 Å². The maximum absolute atomic E-state index is 4.11. The molecule has 66 valence electrons. The summed E-state index contributed by atoms with van der Waals surface area (Å²) >= 11 is 0. The van der Waals surface area contributed by atoms with E-state index in [1.807, 2.05) is 19.2 Å². The molecular weight excluding hydrogens is 150 g/mol. The Morgan fingerprint density at radius 2 is 2.17 bits per heavy atom. The lowest BCUT2D eigenvalue weighted by Crippen LogP contribution is -2.09.